The Balaban J connectivity index is 2.58. The van der Waals surface area contributed by atoms with Crippen molar-refractivity contribution in [2.24, 2.45) is 5.92 Å². The number of aliphatic carboxylic acids is 1. The van der Waals surface area contributed by atoms with E-state index in [0.29, 0.717) is 6.42 Å². The van der Waals surface area contributed by atoms with E-state index in [1.807, 2.05) is 44.2 Å². The maximum absolute atomic E-state index is 11.9. The summed E-state index contributed by atoms with van der Waals surface area (Å²) in [6.07, 6.45) is -0.331. The van der Waals surface area contributed by atoms with E-state index in [9.17, 15) is 14.7 Å². The molecule has 1 atom stereocenters. The van der Waals surface area contributed by atoms with Gasteiger partial charge in [-0.05, 0) is 17.9 Å². The second-order valence-corrected chi connectivity index (χ2v) is 5.12. The average molecular weight is 278 g/mol. The number of hydrogen-bond donors (Lipinski definition) is 0. The molecule has 1 amide bonds. The number of carboxylic acids is 1. The normalized spacial score (nSPS) is 12.0. The van der Waals surface area contributed by atoms with Gasteiger partial charge in [0.15, 0.2) is 0 Å². The van der Waals surface area contributed by atoms with Crippen LogP contribution in [-0.4, -0.2) is 30.1 Å². The van der Waals surface area contributed by atoms with E-state index in [1.54, 1.807) is 0 Å². The van der Waals surface area contributed by atoms with Crippen LogP contribution in [0, 0.1) is 5.92 Å². The average Bonchev–Trinajstić information content (AvgIpc) is 2.42. The minimum Gasteiger partial charge on any atom is -0.548 e. The maximum atomic E-state index is 11.9. The molecule has 0 saturated carbocycles. The van der Waals surface area contributed by atoms with Crippen molar-refractivity contribution in [3.8, 4) is 0 Å². The van der Waals surface area contributed by atoms with Crippen LogP contribution in [0.15, 0.2) is 30.3 Å². The van der Waals surface area contributed by atoms with Gasteiger partial charge < -0.3 is 19.5 Å². The molecule has 0 aliphatic carbocycles. The van der Waals surface area contributed by atoms with Crippen LogP contribution in [0.2, 0.25) is 0 Å². The summed E-state index contributed by atoms with van der Waals surface area (Å²) >= 11 is 0. The first-order valence-corrected chi connectivity index (χ1v) is 6.56. The highest BCUT2D eigenvalue weighted by molar-refractivity contribution is 5.78. The molecule has 0 aliphatic rings. The lowest BCUT2D eigenvalue weighted by atomic mass is 10.0. The van der Waals surface area contributed by atoms with Crippen LogP contribution in [0.25, 0.3) is 0 Å². The molecule has 0 heterocycles. The predicted molar refractivity (Wildman–Crippen MR) is 72.6 cm³/mol. The minimum atomic E-state index is -1.27. The van der Waals surface area contributed by atoms with Gasteiger partial charge in [-0.1, -0.05) is 44.2 Å². The lowest BCUT2D eigenvalue weighted by Gasteiger charge is -2.29. The second-order valence-electron chi connectivity index (χ2n) is 5.12. The van der Waals surface area contributed by atoms with Crippen molar-refractivity contribution in [1.29, 1.82) is 0 Å². The molecule has 0 radical (unpaired) electrons. The van der Waals surface area contributed by atoms with Crippen LogP contribution in [0.1, 0.15) is 25.8 Å². The van der Waals surface area contributed by atoms with Gasteiger partial charge in [-0.3, -0.25) is 0 Å². The number of carbonyl (C=O) groups is 2. The number of nitrogens with zero attached hydrogens (tertiary/aromatic N) is 1. The topological polar surface area (TPSA) is 69.7 Å². The molecule has 0 bridgehead atoms. The van der Waals surface area contributed by atoms with Crippen LogP contribution >= 0.6 is 0 Å². The number of carbonyl (C=O) groups excluding carboxylic acids is 2. The number of ether oxygens (including phenoxy) is 1. The molecule has 110 valence electrons. The predicted octanol–water partition coefficient (Wildman–Crippen LogP) is 1.42. The van der Waals surface area contributed by atoms with Crippen molar-refractivity contribution in [3.63, 3.8) is 0 Å². The fraction of sp³-hybridized carbons (Fsp3) is 0.467. The largest absolute Gasteiger partial charge is 0.548 e. The first-order valence-electron chi connectivity index (χ1n) is 6.56. The zero-order valence-electron chi connectivity index (χ0n) is 12.0. The third kappa shape index (κ3) is 4.91. The quantitative estimate of drug-likeness (QED) is 0.789. The summed E-state index contributed by atoms with van der Waals surface area (Å²) in [7, 11) is 1.41. The number of hydrogen-bond acceptors (Lipinski definition) is 4. The van der Waals surface area contributed by atoms with Crippen molar-refractivity contribution in [3.05, 3.63) is 35.9 Å². The monoisotopic (exact) mass is 278 g/mol. The molecule has 0 aliphatic heterocycles. The Labute approximate surface area is 119 Å². The Kier molecular flexibility index (Phi) is 6.03. The lowest BCUT2D eigenvalue weighted by Crippen LogP contribution is -2.49. The molecule has 0 unspecified atom stereocenters. The van der Waals surface area contributed by atoms with Gasteiger partial charge in [0.1, 0.15) is 6.61 Å². The third-order valence-corrected chi connectivity index (χ3v) is 2.93. The molecule has 1 aromatic rings. The van der Waals surface area contributed by atoms with Gasteiger partial charge in [-0.25, -0.2) is 4.79 Å². The molecule has 0 fully saturated rings. The van der Waals surface area contributed by atoms with E-state index < -0.39 is 18.1 Å². The molecule has 20 heavy (non-hydrogen) atoms. The van der Waals surface area contributed by atoms with Gasteiger partial charge in [0.2, 0.25) is 0 Å². The molecule has 1 aromatic carbocycles. The van der Waals surface area contributed by atoms with Gasteiger partial charge in [0, 0.05) is 7.05 Å². The molecule has 0 saturated heterocycles. The van der Waals surface area contributed by atoms with Crippen molar-refractivity contribution < 1.29 is 19.4 Å². The van der Waals surface area contributed by atoms with Crippen molar-refractivity contribution >= 4 is 12.1 Å². The van der Waals surface area contributed by atoms with E-state index >= 15 is 0 Å². The number of amides is 1. The molecular weight excluding hydrogens is 258 g/mol. The lowest BCUT2D eigenvalue weighted by molar-refractivity contribution is -0.311. The molecule has 0 spiro atoms. The maximum Gasteiger partial charge on any atom is 0.410 e. The Morgan fingerprint density at radius 1 is 1.25 bits per heavy atom. The van der Waals surface area contributed by atoms with E-state index in [-0.39, 0.29) is 12.5 Å². The Morgan fingerprint density at radius 2 is 1.85 bits per heavy atom. The fourth-order valence-corrected chi connectivity index (χ4v) is 1.81. The summed E-state index contributed by atoms with van der Waals surface area (Å²) in [5, 5.41) is 11.1. The van der Waals surface area contributed by atoms with Crippen molar-refractivity contribution in [1.82, 2.24) is 4.90 Å². The van der Waals surface area contributed by atoms with Crippen molar-refractivity contribution in [2.45, 2.75) is 32.9 Å². The molecule has 0 aromatic heterocycles. The summed E-state index contributed by atoms with van der Waals surface area (Å²) in [6.45, 7) is 3.89. The van der Waals surface area contributed by atoms with Crippen LogP contribution < -0.4 is 5.11 Å². The number of rotatable bonds is 6. The minimum absolute atomic E-state index is 0.117. The summed E-state index contributed by atoms with van der Waals surface area (Å²) in [5.41, 5.74) is 0.850. The van der Waals surface area contributed by atoms with Crippen LogP contribution in [0.3, 0.4) is 0 Å². The third-order valence-electron chi connectivity index (χ3n) is 2.93. The Hall–Kier alpha value is -2.04. The first kappa shape index (κ1) is 16.0. The van der Waals surface area contributed by atoms with Gasteiger partial charge in [-0.15, -0.1) is 0 Å². The summed E-state index contributed by atoms with van der Waals surface area (Å²) in [6, 6.07) is 8.24. The molecule has 1 rings (SSSR count). The number of benzene rings is 1. The van der Waals surface area contributed by atoms with Gasteiger partial charge in [-0.2, -0.15) is 0 Å². The van der Waals surface area contributed by atoms with Crippen molar-refractivity contribution in [2.75, 3.05) is 7.05 Å². The molecule has 5 nitrogen and oxygen atoms in total. The second kappa shape index (κ2) is 7.53. The van der Waals surface area contributed by atoms with Gasteiger partial charge >= 0.3 is 6.09 Å². The highest BCUT2D eigenvalue weighted by Crippen LogP contribution is 2.12. The summed E-state index contributed by atoms with van der Waals surface area (Å²) in [4.78, 5) is 24.0. The highest BCUT2D eigenvalue weighted by atomic mass is 16.6. The van der Waals surface area contributed by atoms with Gasteiger partial charge in [0.25, 0.3) is 0 Å². The number of likely N-dealkylation sites (N-methyl/N-ethyl adjacent to an activating group) is 1. The first-order chi connectivity index (χ1) is 9.41. The van der Waals surface area contributed by atoms with E-state index in [2.05, 4.69) is 0 Å². The van der Waals surface area contributed by atoms with Crippen LogP contribution in [0.5, 0.6) is 0 Å². The van der Waals surface area contributed by atoms with Crippen LogP contribution in [0.4, 0.5) is 4.79 Å². The fourth-order valence-electron chi connectivity index (χ4n) is 1.81. The smallest absolute Gasteiger partial charge is 0.410 e. The standard InChI is InChI=1S/C15H21NO4/c1-11(2)9-13(14(17)18)16(3)15(19)20-10-12-7-5-4-6-8-12/h4-8,11,13H,9-10H2,1-3H3,(H,17,18)/p-1/t13-/m0/s1. The zero-order valence-corrected chi connectivity index (χ0v) is 12.0. The number of carboxylic acid groups (broad SMARTS) is 1. The van der Waals surface area contributed by atoms with Crippen LogP contribution in [-0.2, 0) is 16.1 Å². The summed E-state index contributed by atoms with van der Waals surface area (Å²) in [5.74, 6) is -1.12. The summed E-state index contributed by atoms with van der Waals surface area (Å²) < 4.78 is 5.10. The highest BCUT2D eigenvalue weighted by Gasteiger charge is 2.23. The van der Waals surface area contributed by atoms with Gasteiger partial charge in [0.05, 0.1) is 12.0 Å². The van der Waals surface area contributed by atoms with E-state index in [4.69, 9.17) is 4.74 Å². The van der Waals surface area contributed by atoms with E-state index in [1.165, 1.54) is 7.05 Å². The molecule has 5 heteroatoms. The SMILES string of the molecule is CC(C)C[C@@H](C(=O)[O-])N(C)C(=O)OCc1ccccc1. The Morgan fingerprint density at radius 3 is 2.35 bits per heavy atom. The zero-order chi connectivity index (χ0) is 15.1. The van der Waals surface area contributed by atoms with E-state index in [0.717, 1.165) is 10.5 Å². The Bertz CT molecular complexity index is 444. The molecule has 0 N–H and O–H groups in total. The molecular formula is C15H20NO4-.